The van der Waals surface area contributed by atoms with Crippen LogP contribution < -0.4 is 0 Å². The van der Waals surface area contributed by atoms with Crippen LogP contribution in [0, 0.1) is 5.41 Å². The van der Waals surface area contributed by atoms with Gasteiger partial charge in [-0.3, -0.25) is 9.59 Å². The Morgan fingerprint density at radius 2 is 1.59 bits per heavy atom. The molecule has 0 aliphatic rings. The predicted octanol–water partition coefficient (Wildman–Crippen LogP) is 1.15. The van der Waals surface area contributed by atoms with Crippen LogP contribution in [0.2, 0.25) is 0 Å². The molecule has 0 amide bonds. The fourth-order valence-electron chi connectivity index (χ4n) is 1.61. The number of carboxylic acids is 2. The maximum absolute atomic E-state index is 11.1. The first kappa shape index (κ1) is 16.8. The van der Waals surface area contributed by atoms with Gasteiger partial charge in [0.25, 0.3) is 0 Å². The van der Waals surface area contributed by atoms with Gasteiger partial charge in [0.05, 0.1) is 0 Å². The Labute approximate surface area is 142 Å². The molecule has 0 aliphatic carbocycles. The van der Waals surface area contributed by atoms with E-state index in [1.54, 1.807) is 37.3 Å². The van der Waals surface area contributed by atoms with Crippen molar-refractivity contribution >= 4 is 63.3 Å². The Balaban J connectivity index is 0.00000256. The van der Waals surface area contributed by atoms with Crippen molar-refractivity contribution in [2.45, 2.75) is 19.8 Å². The number of hydrogen-bond acceptors (Lipinski definition) is 2. The van der Waals surface area contributed by atoms with E-state index in [0.29, 0.717) is 5.56 Å². The third-order valence-corrected chi connectivity index (χ3v) is 2.77. The van der Waals surface area contributed by atoms with Crippen molar-refractivity contribution in [3.63, 3.8) is 0 Å². The molecule has 0 radical (unpaired) electrons. The van der Waals surface area contributed by atoms with Crippen LogP contribution >= 0.6 is 0 Å². The minimum absolute atomic E-state index is 0. The third-order valence-electron chi connectivity index (χ3n) is 2.77. The van der Waals surface area contributed by atoms with Gasteiger partial charge in [-0.05, 0) is 18.4 Å². The quantitative estimate of drug-likeness (QED) is 0.616. The number of carbonyl (C=O) groups is 2. The molecule has 0 fully saturated rings. The van der Waals surface area contributed by atoms with Gasteiger partial charge in [-0.15, -0.1) is 0 Å². The molecule has 17 heavy (non-hydrogen) atoms. The molecular formula is C12H15KO4. The van der Waals surface area contributed by atoms with Gasteiger partial charge in [-0.1, -0.05) is 37.3 Å². The molecule has 2 N–H and O–H groups in total. The summed E-state index contributed by atoms with van der Waals surface area (Å²) in [5.41, 5.74) is -1.00. The third kappa shape index (κ3) is 3.89. The summed E-state index contributed by atoms with van der Waals surface area (Å²) < 4.78 is 0. The molecule has 88 valence electrons. The molecule has 0 atom stereocenters. The monoisotopic (exact) mass is 262 g/mol. The fraction of sp³-hybridized carbons (Fsp3) is 0.333. The second-order valence-corrected chi connectivity index (χ2v) is 3.71. The molecule has 0 saturated heterocycles. The summed E-state index contributed by atoms with van der Waals surface area (Å²) in [6.45, 7) is 1.57. The molecule has 0 bridgehead atoms. The normalized spacial score (nSPS) is 10.4. The van der Waals surface area contributed by atoms with E-state index in [9.17, 15) is 9.59 Å². The van der Waals surface area contributed by atoms with Gasteiger partial charge in [-0.2, -0.15) is 0 Å². The molecule has 0 aromatic heterocycles. The van der Waals surface area contributed by atoms with Gasteiger partial charge in [-0.25, -0.2) is 0 Å². The van der Waals surface area contributed by atoms with Gasteiger partial charge < -0.3 is 10.2 Å². The summed E-state index contributed by atoms with van der Waals surface area (Å²) in [4.78, 5) is 22.2. The predicted molar refractivity (Wildman–Crippen MR) is 65.3 cm³/mol. The summed E-state index contributed by atoms with van der Waals surface area (Å²) in [5, 5.41) is 18.1. The van der Waals surface area contributed by atoms with Crippen LogP contribution in [0.3, 0.4) is 0 Å². The molecule has 0 unspecified atom stereocenters. The zero-order valence-electron chi connectivity index (χ0n) is 9.01. The van der Waals surface area contributed by atoms with Crippen LogP contribution in [-0.4, -0.2) is 73.5 Å². The number of rotatable bonds is 5. The van der Waals surface area contributed by atoms with Crippen molar-refractivity contribution in [1.82, 2.24) is 0 Å². The van der Waals surface area contributed by atoms with Gasteiger partial charge in [0.2, 0.25) is 0 Å². The van der Waals surface area contributed by atoms with Crippen molar-refractivity contribution in [3.05, 3.63) is 35.9 Å². The van der Waals surface area contributed by atoms with Gasteiger partial charge in [0.15, 0.2) is 5.41 Å². The van der Waals surface area contributed by atoms with Crippen molar-refractivity contribution in [3.8, 4) is 0 Å². The summed E-state index contributed by atoms with van der Waals surface area (Å²) in [6, 6.07) is 8.80. The van der Waals surface area contributed by atoms with Crippen molar-refractivity contribution < 1.29 is 19.8 Å². The zero-order chi connectivity index (χ0) is 12.2. The summed E-state index contributed by atoms with van der Waals surface area (Å²) in [5.74, 6) is -2.57. The van der Waals surface area contributed by atoms with Gasteiger partial charge in [0, 0.05) is 0 Å². The van der Waals surface area contributed by atoms with E-state index >= 15 is 0 Å². The molecular weight excluding hydrogens is 247 g/mol. The molecule has 1 aromatic rings. The average molecular weight is 262 g/mol. The van der Waals surface area contributed by atoms with E-state index in [0.717, 1.165) is 0 Å². The van der Waals surface area contributed by atoms with Gasteiger partial charge in [0.1, 0.15) is 0 Å². The summed E-state index contributed by atoms with van der Waals surface area (Å²) in [6.07, 6.45) is 0.0710. The molecule has 1 rings (SSSR count). The zero-order valence-corrected chi connectivity index (χ0v) is 9.01. The Hall–Kier alpha value is -0.204. The second-order valence-electron chi connectivity index (χ2n) is 3.71. The standard InChI is InChI=1S/C12H14O4.K.H/c1-2-12(10(13)14,11(15)16)8-9-6-4-3-5-7-9;;/h3-7H,2,8H2,1H3,(H,13,14)(H,15,16);;. The Morgan fingerprint density at radius 3 is 1.94 bits per heavy atom. The van der Waals surface area contributed by atoms with Crippen molar-refractivity contribution in [2.24, 2.45) is 5.41 Å². The average Bonchev–Trinajstić information content (AvgIpc) is 2.26. The van der Waals surface area contributed by atoms with E-state index < -0.39 is 17.4 Å². The van der Waals surface area contributed by atoms with E-state index in [1.807, 2.05) is 0 Å². The van der Waals surface area contributed by atoms with E-state index in [4.69, 9.17) is 10.2 Å². The van der Waals surface area contributed by atoms with Crippen LogP contribution in [-0.2, 0) is 16.0 Å². The minimum atomic E-state index is -1.72. The first-order valence-electron chi connectivity index (χ1n) is 5.03. The van der Waals surface area contributed by atoms with Crippen LogP contribution in [0.15, 0.2) is 30.3 Å². The van der Waals surface area contributed by atoms with Gasteiger partial charge >= 0.3 is 63.3 Å². The molecule has 0 saturated carbocycles. The second kappa shape index (κ2) is 7.28. The summed E-state index contributed by atoms with van der Waals surface area (Å²) in [7, 11) is 0. The molecule has 0 aliphatic heterocycles. The Morgan fingerprint density at radius 1 is 1.12 bits per heavy atom. The van der Waals surface area contributed by atoms with Crippen molar-refractivity contribution in [2.75, 3.05) is 0 Å². The number of benzene rings is 1. The Kier molecular flexibility index (Phi) is 7.19. The van der Waals surface area contributed by atoms with E-state index in [-0.39, 0.29) is 64.2 Å². The van der Waals surface area contributed by atoms with Crippen LogP contribution in [0.5, 0.6) is 0 Å². The fourth-order valence-corrected chi connectivity index (χ4v) is 1.61. The van der Waals surface area contributed by atoms with Crippen molar-refractivity contribution in [1.29, 1.82) is 0 Å². The SMILES string of the molecule is CCC(Cc1ccccc1)(C(=O)O)C(=O)O.[KH]. The molecule has 1 aromatic carbocycles. The molecule has 5 heteroatoms. The van der Waals surface area contributed by atoms with E-state index in [2.05, 4.69) is 0 Å². The maximum atomic E-state index is 11.1. The number of carboxylic acid groups (broad SMARTS) is 2. The van der Waals surface area contributed by atoms with Crippen LogP contribution in [0.4, 0.5) is 0 Å². The number of aliphatic carboxylic acids is 2. The van der Waals surface area contributed by atoms with Crippen LogP contribution in [0.25, 0.3) is 0 Å². The summed E-state index contributed by atoms with van der Waals surface area (Å²) >= 11 is 0. The molecule has 4 nitrogen and oxygen atoms in total. The Bertz CT molecular complexity index is 375. The molecule has 0 heterocycles. The molecule has 0 spiro atoms. The first-order chi connectivity index (χ1) is 7.53. The first-order valence-corrected chi connectivity index (χ1v) is 5.03. The topological polar surface area (TPSA) is 74.6 Å². The van der Waals surface area contributed by atoms with E-state index in [1.165, 1.54) is 0 Å². The van der Waals surface area contributed by atoms with Crippen LogP contribution in [0.1, 0.15) is 18.9 Å². The number of hydrogen-bond donors (Lipinski definition) is 2.